The number of carbonyl (C=O) groups excluding carboxylic acids is 1. The molecule has 1 aliphatic carbocycles. The zero-order valence-electron chi connectivity index (χ0n) is 13.5. The van der Waals surface area contributed by atoms with Gasteiger partial charge >= 0.3 is 0 Å². The molecule has 0 spiro atoms. The van der Waals surface area contributed by atoms with Gasteiger partial charge in [0.25, 0.3) is 5.91 Å². The van der Waals surface area contributed by atoms with Gasteiger partial charge in [0.1, 0.15) is 11.3 Å². The Labute approximate surface area is 134 Å². The molecule has 0 bridgehead atoms. The highest BCUT2D eigenvalue weighted by molar-refractivity contribution is 7.11. The fraction of sp³-hybridized carbons (Fsp3) is 0.562. The quantitative estimate of drug-likeness (QED) is 0.871. The van der Waals surface area contributed by atoms with Crippen molar-refractivity contribution in [3.05, 3.63) is 32.6 Å². The van der Waals surface area contributed by atoms with Crippen molar-refractivity contribution in [2.45, 2.75) is 46.0 Å². The predicted molar refractivity (Wildman–Crippen MR) is 85.5 cm³/mol. The van der Waals surface area contributed by atoms with Crippen LogP contribution in [0, 0.1) is 20.8 Å². The van der Waals surface area contributed by atoms with E-state index in [1.807, 2.05) is 7.05 Å². The lowest BCUT2D eigenvalue weighted by atomic mass is 9.90. The molecule has 0 unspecified atom stereocenters. The van der Waals surface area contributed by atoms with E-state index in [-0.39, 0.29) is 5.91 Å². The van der Waals surface area contributed by atoms with E-state index in [0.717, 1.165) is 17.8 Å². The van der Waals surface area contributed by atoms with Crippen LogP contribution in [0.15, 0.2) is 4.52 Å². The molecule has 0 aromatic carbocycles. The molecule has 1 aliphatic rings. The Morgan fingerprint density at radius 2 is 2.18 bits per heavy atom. The molecule has 0 radical (unpaired) electrons. The van der Waals surface area contributed by atoms with Crippen LogP contribution in [0.2, 0.25) is 0 Å². The average Bonchev–Trinajstić information content (AvgIpc) is 3.01. The number of nitrogens with zero attached hydrogens (tertiary/aromatic N) is 3. The number of thiazole rings is 1. The molecule has 5 nitrogen and oxygen atoms in total. The molecular formula is C16H21N3O2S. The summed E-state index contributed by atoms with van der Waals surface area (Å²) < 4.78 is 5.11. The first-order valence-electron chi connectivity index (χ1n) is 7.62. The zero-order valence-corrected chi connectivity index (χ0v) is 14.3. The number of fused-ring (bicyclic) bond motifs is 1. The molecule has 0 aliphatic heterocycles. The lowest BCUT2D eigenvalue weighted by molar-refractivity contribution is 0.0780. The van der Waals surface area contributed by atoms with Crippen molar-refractivity contribution in [1.29, 1.82) is 0 Å². The van der Waals surface area contributed by atoms with Crippen LogP contribution in [0.1, 0.15) is 56.2 Å². The van der Waals surface area contributed by atoms with Crippen molar-refractivity contribution in [1.82, 2.24) is 15.0 Å². The van der Waals surface area contributed by atoms with E-state index in [4.69, 9.17) is 9.51 Å². The van der Waals surface area contributed by atoms with Gasteiger partial charge < -0.3 is 9.42 Å². The van der Waals surface area contributed by atoms with Crippen LogP contribution in [-0.4, -0.2) is 34.5 Å². The Bertz CT molecular complexity index is 685. The topological polar surface area (TPSA) is 59.2 Å². The number of hydrogen-bond acceptors (Lipinski definition) is 5. The lowest BCUT2D eigenvalue weighted by Crippen LogP contribution is -2.32. The van der Waals surface area contributed by atoms with Crippen LogP contribution in [0.3, 0.4) is 0 Å². The van der Waals surface area contributed by atoms with Gasteiger partial charge in [0.05, 0.1) is 16.4 Å². The van der Waals surface area contributed by atoms with Crippen LogP contribution in [0.5, 0.6) is 0 Å². The van der Waals surface area contributed by atoms with Gasteiger partial charge in [-0.25, -0.2) is 4.98 Å². The second-order valence-electron chi connectivity index (χ2n) is 6.02. The summed E-state index contributed by atoms with van der Waals surface area (Å²) in [6.45, 7) is 6.33. The minimum Gasteiger partial charge on any atom is -0.361 e. The fourth-order valence-corrected chi connectivity index (χ4v) is 4.26. The second kappa shape index (κ2) is 5.83. The summed E-state index contributed by atoms with van der Waals surface area (Å²) in [7, 11) is 1.85. The van der Waals surface area contributed by atoms with Crippen molar-refractivity contribution in [3.63, 3.8) is 0 Å². The highest BCUT2D eigenvalue weighted by Gasteiger charge is 2.28. The van der Waals surface area contributed by atoms with Gasteiger partial charge in [-0.1, -0.05) is 5.16 Å². The third kappa shape index (κ3) is 2.67. The maximum absolute atomic E-state index is 12.6. The summed E-state index contributed by atoms with van der Waals surface area (Å²) in [4.78, 5) is 20.5. The smallest absolute Gasteiger partial charge is 0.259 e. The summed E-state index contributed by atoms with van der Waals surface area (Å²) in [5.41, 5.74) is 2.45. The minimum atomic E-state index is -0.0182. The standard InChI is InChI=1S/C16H21N3O2S/c1-9-14(10(2)21-18-9)16(20)19(4)8-12-6-5-7-13-15(12)17-11(3)22-13/h12H,5-8H2,1-4H3/t12-/m1/s1. The molecule has 3 rings (SSSR count). The fourth-order valence-electron chi connectivity index (χ4n) is 3.20. The SMILES string of the molecule is Cc1nc2c(s1)CCC[C@@H]2CN(C)C(=O)c1c(C)noc1C. The number of carbonyl (C=O) groups is 1. The number of rotatable bonds is 3. The normalized spacial score (nSPS) is 17.4. The van der Waals surface area contributed by atoms with Crippen molar-refractivity contribution in [2.75, 3.05) is 13.6 Å². The Balaban J connectivity index is 1.78. The van der Waals surface area contributed by atoms with Crippen LogP contribution in [0.4, 0.5) is 0 Å². The lowest BCUT2D eigenvalue weighted by Gasteiger charge is -2.26. The molecule has 0 fully saturated rings. The van der Waals surface area contributed by atoms with E-state index in [1.54, 1.807) is 30.1 Å². The molecule has 0 saturated heterocycles. The maximum atomic E-state index is 12.6. The number of aryl methyl sites for hydroxylation is 4. The number of likely N-dealkylation sites (N-methyl/N-ethyl adjacent to an activating group) is 1. The maximum Gasteiger partial charge on any atom is 0.259 e. The van der Waals surface area contributed by atoms with E-state index in [1.165, 1.54) is 17.0 Å². The van der Waals surface area contributed by atoms with Gasteiger partial charge in [0.15, 0.2) is 0 Å². The molecule has 2 aromatic heterocycles. The molecule has 0 N–H and O–H groups in total. The summed E-state index contributed by atoms with van der Waals surface area (Å²) in [6, 6.07) is 0. The third-order valence-electron chi connectivity index (χ3n) is 4.27. The Kier molecular flexibility index (Phi) is 4.04. The Hall–Kier alpha value is -1.69. The molecule has 2 aromatic rings. The number of aromatic nitrogens is 2. The summed E-state index contributed by atoms with van der Waals surface area (Å²) in [5, 5.41) is 4.99. The highest BCUT2D eigenvalue weighted by Crippen LogP contribution is 2.35. The Morgan fingerprint density at radius 3 is 2.86 bits per heavy atom. The van der Waals surface area contributed by atoms with Gasteiger partial charge in [-0.15, -0.1) is 11.3 Å². The second-order valence-corrected chi connectivity index (χ2v) is 7.30. The molecule has 6 heteroatoms. The van der Waals surface area contributed by atoms with E-state index < -0.39 is 0 Å². The van der Waals surface area contributed by atoms with E-state index in [0.29, 0.717) is 29.5 Å². The monoisotopic (exact) mass is 319 g/mol. The largest absolute Gasteiger partial charge is 0.361 e. The summed E-state index contributed by atoms with van der Waals surface area (Å²) >= 11 is 1.79. The number of amides is 1. The van der Waals surface area contributed by atoms with Crippen LogP contribution >= 0.6 is 11.3 Å². The highest BCUT2D eigenvalue weighted by atomic mass is 32.1. The van der Waals surface area contributed by atoms with Gasteiger partial charge in [-0.05, 0) is 40.0 Å². The molecule has 22 heavy (non-hydrogen) atoms. The van der Waals surface area contributed by atoms with E-state index in [9.17, 15) is 4.79 Å². The first-order valence-corrected chi connectivity index (χ1v) is 8.43. The van der Waals surface area contributed by atoms with E-state index >= 15 is 0 Å². The Morgan fingerprint density at radius 1 is 1.41 bits per heavy atom. The molecule has 118 valence electrons. The summed E-state index contributed by atoms with van der Waals surface area (Å²) in [6.07, 6.45) is 3.39. The molecule has 1 amide bonds. The molecule has 0 saturated carbocycles. The van der Waals surface area contributed by atoms with Gasteiger partial charge in [0, 0.05) is 24.4 Å². The molecule has 1 atom stereocenters. The predicted octanol–water partition coefficient (Wildman–Crippen LogP) is 3.25. The van der Waals surface area contributed by atoms with Crippen molar-refractivity contribution < 1.29 is 9.32 Å². The van der Waals surface area contributed by atoms with Crippen LogP contribution in [-0.2, 0) is 6.42 Å². The zero-order chi connectivity index (χ0) is 15.9. The van der Waals surface area contributed by atoms with Crippen molar-refractivity contribution in [3.8, 4) is 0 Å². The number of hydrogen-bond donors (Lipinski definition) is 0. The van der Waals surface area contributed by atoms with Crippen molar-refractivity contribution >= 4 is 17.2 Å². The average molecular weight is 319 g/mol. The molecular weight excluding hydrogens is 298 g/mol. The molecule has 2 heterocycles. The van der Waals surface area contributed by atoms with Crippen LogP contribution in [0.25, 0.3) is 0 Å². The summed E-state index contributed by atoms with van der Waals surface area (Å²) in [5.74, 6) is 0.904. The van der Waals surface area contributed by atoms with Gasteiger partial charge in [0.2, 0.25) is 0 Å². The first kappa shape index (κ1) is 15.2. The first-order chi connectivity index (χ1) is 10.5. The van der Waals surface area contributed by atoms with Gasteiger partial charge in [-0.3, -0.25) is 4.79 Å². The van der Waals surface area contributed by atoms with Gasteiger partial charge in [-0.2, -0.15) is 0 Å². The van der Waals surface area contributed by atoms with E-state index in [2.05, 4.69) is 12.1 Å². The third-order valence-corrected chi connectivity index (χ3v) is 5.31. The van der Waals surface area contributed by atoms with Crippen LogP contribution < -0.4 is 0 Å². The van der Waals surface area contributed by atoms with Crippen molar-refractivity contribution in [2.24, 2.45) is 0 Å². The minimum absolute atomic E-state index is 0.0182.